The van der Waals surface area contributed by atoms with Crippen molar-refractivity contribution in [3.05, 3.63) is 29.8 Å². The third kappa shape index (κ3) is 6.22. The van der Waals surface area contributed by atoms with Gasteiger partial charge >= 0.3 is 0 Å². The molecule has 0 aromatic heterocycles. The first-order valence-electron chi connectivity index (χ1n) is 9.43. The second-order valence-corrected chi connectivity index (χ2v) is 7.10. The molecule has 0 radical (unpaired) electrons. The number of hydrogen-bond donors (Lipinski definition) is 2. The second-order valence-electron chi connectivity index (χ2n) is 7.10. The summed E-state index contributed by atoms with van der Waals surface area (Å²) in [6, 6.07) is 7.41. The van der Waals surface area contributed by atoms with Crippen molar-refractivity contribution in [3.63, 3.8) is 0 Å². The van der Waals surface area contributed by atoms with Crippen molar-refractivity contribution < 1.29 is 19.1 Å². The van der Waals surface area contributed by atoms with E-state index in [1.165, 1.54) is 6.92 Å². The summed E-state index contributed by atoms with van der Waals surface area (Å²) in [5.41, 5.74) is 1.11. The standard InChI is InChI=1S/C20H31N3O4/c1-14(2)19(22-15(3)24)20(25)21-13-18(23-9-11-27-12-10-23)16-5-7-17(26-4)8-6-16/h5-8,14,18-19H,9-13H2,1-4H3,(H,21,25)(H,22,24)/t18-,19+/m0/s1. The SMILES string of the molecule is COc1ccc([C@H](CNC(=O)[C@H](NC(C)=O)C(C)C)N2CCOCC2)cc1. The van der Waals surface area contributed by atoms with Gasteiger partial charge in [-0.05, 0) is 23.6 Å². The van der Waals surface area contributed by atoms with E-state index < -0.39 is 6.04 Å². The molecule has 2 amide bonds. The van der Waals surface area contributed by atoms with Gasteiger partial charge in [-0.25, -0.2) is 0 Å². The van der Waals surface area contributed by atoms with Crippen LogP contribution in [0.5, 0.6) is 5.75 Å². The molecule has 1 saturated heterocycles. The monoisotopic (exact) mass is 377 g/mol. The van der Waals surface area contributed by atoms with Crippen molar-refractivity contribution >= 4 is 11.8 Å². The van der Waals surface area contributed by atoms with E-state index in [1.54, 1.807) is 7.11 Å². The van der Waals surface area contributed by atoms with Crippen LogP contribution < -0.4 is 15.4 Å². The first-order chi connectivity index (χ1) is 12.9. The molecule has 1 fully saturated rings. The van der Waals surface area contributed by atoms with Crippen molar-refractivity contribution in [3.8, 4) is 5.75 Å². The Morgan fingerprint density at radius 3 is 2.33 bits per heavy atom. The van der Waals surface area contributed by atoms with E-state index in [0.717, 1.165) is 24.4 Å². The number of rotatable bonds is 8. The Morgan fingerprint density at radius 1 is 1.19 bits per heavy atom. The quantitative estimate of drug-likeness (QED) is 0.715. The third-order valence-electron chi connectivity index (χ3n) is 4.76. The van der Waals surface area contributed by atoms with Crippen LogP contribution in [0.2, 0.25) is 0 Å². The number of nitrogens with one attached hydrogen (secondary N) is 2. The van der Waals surface area contributed by atoms with Crippen molar-refractivity contribution in [2.75, 3.05) is 40.0 Å². The van der Waals surface area contributed by atoms with Crippen LogP contribution in [0.15, 0.2) is 24.3 Å². The summed E-state index contributed by atoms with van der Waals surface area (Å²) in [7, 11) is 1.64. The molecule has 7 heteroatoms. The molecule has 0 saturated carbocycles. The van der Waals surface area contributed by atoms with Crippen LogP contribution in [0.3, 0.4) is 0 Å². The summed E-state index contributed by atoms with van der Waals surface area (Å²) >= 11 is 0. The molecule has 1 aromatic rings. The number of amides is 2. The van der Waals surface area contributed by atoms with Gasteiger partial charge in [-0.15, -0.1) is 0 Å². The molecule has 1 aromatic carbocycles. The Labute approximate surface area is 161 Å². The Balaban J connectivity index is 2.10. The highest BCUT2D eigenvalue weighted by Gasteiger charge is 2.27. The molecule has 1 aliphatic heterocycles. The molecule has 2 N–H and O–H groups in total. The van der Waals surface area contributed by atoms with E-state index in [-0.39, 0.29) is 23.8 Å². The molecule has 0 bridgehead atoms. The third-order valence-corrected chi connectivity index (χ3v) is 4.76. The smallest absolute Gasteiger partial charge is 0.242 e. The van der Waals surface area contributed by atoms with Gasteiger partial charge in [0.15, 0.2) is 0 Å². The maximum atomic E-state index is 12.7. The summed E-state index contributed by atoms with van der Waals surface area (Å²) in [5.74, 6) is 0.446. The number of methoxy groups -OCH3 is 1. The first kappa shape index (κ1) is 21.2. The van der Waals surface area contributed by atoms with Crippen LogP contribution in [-0.2, 0) is 14.3 Å². The average molecular weight is 377 g/mol. The predicted octanol–water partition coefficient (Wildman–Crippen LogP) is 1.35. The molecule has 7 nitrogen and oxygen atoms in total. The lowest BCUT2D eigenvalue weighted by atomic mass is 10.0. The van der Waals surface area contributed by atoms with Crippen LogP contribution in [0, 0.1) is 5.92 Å². The van der Waals surface area contributed by atoms with Crippen LogP contribution >= 0.6 is 0 Å². The van der Waals surface area contributed by atoms with E-state index in [1.807, 2.05) is 38.1 Å². The van der Waals surface area contributed by atoms with Gasteiger partial charge < -0.3 is 20.1 Å². The normalized spacial score (nSPS) is 17.2. The molecular formula is C20H31N3O4. The maximum absolute atomic E-state index is 12.7. The first-order valence-corrected chi connectivity index (χ1v) is 9.43. The Bertz CT molecular complexity index is 612. The molecule has 2 rings (SSSR count). The van der Waals surface area contributed by atoms with Crippen molar-refractivity contribution in [1.29, 1.82) is 0 Å². The zero-order valence-corrected chi connectivity index (χ0v) is 16.7. The van der Waals surface area contributed by atoms with Gasteiger partial charge in [0, 0.05) is 26.6 Å². The lowest BCUT2D eigenvalue weighted by Crippen LogP contribution is -2.51. The molecule has 0 unspecified atom stereocenters. The van der Waals surface area contributed by atoms with Gasteiger partial charge in [-0.3, -0.25) is 14.5 Å². The Morgan fingerprint density at radius 2 is 1.81 bits per heavy atom. The molecule has 0 spiro atoms. The van der Waals surface area contributed by atoms with Crippen molar-refractivity contribution in [1.82, 2.24) is 15.5 Å². The zero-order chi connectivity index (χ0) is 19.8. The number of nitrogens with zero attached hydrogens (tertiary/aromatic N) is 1. The fourth-order valence-corrected chi connectivity index (χ4v) is 3.23. The Kier molecular flexibility index (Phi) is 8.06. The fraction of sp³-hybridized carbons (Fsp3) is 0.600. The van der Waals surface area contributed by atoms with Crippen molar-refractivity contribution in [2.24, 2.45) is 5.92 Å². The lowest BCUT2D eigenvalue weighted by Gasteiger charge is -2.35. The Hall–Kier alpha value is -2.12. The summed E-state index contributed by atoms with van der Waals surface area (Å²) in [6.45, 7) is 8.72. The summed E-state index contributed by atoms with van der Waals surface area (Å²) in [4.78, 5) is 26.4. The second kappa shape index (κ2) is 10.3. The zero-order valence-electron chi connectivity index (χ0n) is 16.7. The predicted molar refractivity (Wildman–Crippen MR) is 104 cm³/mol. The van der Waals surface area contributed by atoms with E-state index in [9.17, 15) is 9.59 Å². The molecule has 0 aliphatic carbocycles. The number of carbonyl (C=O) groups excluding carboxylic acids is 2. The molecular weight excluding hydrogens is 346 g/mol. The largest absolute Gasteiger partial charge is 0.497 e. The molecule has 1 heterocycles. The summed E-state index contributed by atoms with van der Waals surface area (Å²) in [5, 5.41) is 5.76. The van der Waals surface area contributed by atoms with Gasteiger partial charge in [-0.1, -0.05) is 26.0 Å². The number of carbonyl (C=O) groups is 2. The van der Waals surface area contributed by atoms with Gasteiger partial charge in [0.2, 0.25) is 11.8 Å². The van der Waals surface area contributed by atoms with Crippen LogP contribution in [0.25, 0.3) is 0 Å². The lowest BCUT2D eigenvalue weighted by molar-refractivity contribution is -0.129. The van der Waals surface area contributed by atoms with Crippen LogP contribution in [0.4, 0.5) is 0 Å². The highest BCUT2D eigenvalue weighted by atomic mass is 16.5. The molecule has 1 aliphatic rings. The van der Waals surface area contributed by atoms with Gasteiger partial charge in [-0.2, -0.15) is 0 Å². The van der Waals surface area contributed by atoms with Crippen molar-refractivity contribution in [2.45, 2.75) is 32.9 Å². The number of benzene rings is 1. The molecule has 150 valence electrons. The number of ether oxygens (including phenoxy) is 2. The summed E-state index contributed by atoms with van der Waals surface area (Å²) < 4.78 is 10.7. The van der Waals surface area contributed by atoms with Gasteiger partial charge in [0.1, 0.15) is 11.8 Å². The topological polar surface area (TPSA) is 79.9 Å². The molecule has 2 atom stereocenters. The molecule has 27 heavy (non-hydrogen) atoms. The average Bonchev–Trinajstić information content (AvgIpc) is 2.67. The van der Waals surface area contributed by atoms with Crippen LogP contribution in [-0.4, -0.2) is 62.7 Å². The minimum atomic E-state index is -0.538. The minimum absolute atomic E-state index is 0.0109. The van der Waals surface area contributed by atoms with E-state index in [2.05, 4.69) is 15.5 Å². The minimum Gasteiger partial charge on any atom is -0.497 e. The summed E-state index contributed by atoms with van der Waals surface area (Å²) in [6.07, 6.45) is 0. The van der Waals surface area contributed by atoms with Gasteiger partial charge in [0.05, 0.1) is 26.4 Å². The van der Waals surface area contributed by atoms with E-state index in [4.69, 9.17) is 9.47 Å². The number of morpholine rings is 1. The maximum Gasteiger partial charge on any atom is 0.242 e. The highest BCUT2D eigenvalue weighted by Crippen LogP contribution is 2.23. The van der Waals surface area contributed by atoms with Gasteiger partial charge in [0.25, 0.3) is 0 Å². The van der Waals surface area contributed by atoms with E-state index in [0.29, 0.717) is 19.8 Å². The van der Waals surface area contributed by atoms with Crippen LogP contribution in [0.1, 0.15) is 32.4 Å². The highest BCUT2D eigenvalue weighted by molar-refractivity contribution is 5.87. The fourth-order valence-electron chi connectivity index (χ4n) is 3.23. The number of hydrogen-bond acceptors (Lipinski definition) is 5. The van der Waals surface area contributed by atoms with E-state index >= 15 is 0 Å².